The third kappa shape index (κ3) is 3.85. The summed E-state index contributed by atoms with van der Waals surface area (Å²) >= 11 is 0. The minimum absolute atomic E-state index is 0.0962. The normalized spacial score (nSPS) is 14.5. The Morgan fingerprint density at radius 1 is 1.21 bits per heavy atom. The van der Waals surface area contributed by atoms with Crippen LogP contribution in [0.5, 0.6) is 5.88 Å². The minimum Gasteiger partial charge on any atom is -0.472 e. The zero-order valence-electron chi connectivity index (χ0n) is 16.0. The van der Waals surface area contributed by atoms with E-state index in [1.54, 1.807) is 18.3 Å². The van der Waals surface area contributed by atoms with Crippen molar-refractivity contribution >= 4 is 5.91 Å². The average Bonchev–Trinajstić information content (AvgIpc) is 3.30. The molecule has 0 radical (unpaired) electrons. The molecule has 3 heterocycles. The van der Waals surface area contributed by atoms with Gasteiger partial charge in [0.05, 0.1) is 5.56 Å². The van der Waals surface area contributed by atoms with Gasteiger partial charge in [-0.05, 0) is 51.8 Å². The molecule has 0 unspecified atom stereocenters. The van der Waals surface area contributed by atoms with Crippen molar-refractivity contribution in [1.29, 1.82) is 0 Å². The molecule has 28 heavy (non-hydrogen) atoms. The molecule has 1 aliphatic rings. The van der Waals surface area contributed by atoms with Crippen molar-refractivity contribution in [2.75, 3.05) is 0 Å². The molecule has 4 rings (SSSR count). The molecule has 1 aliphatic carbocycles. The summed E-state index contributed by atoms with van der Waals surface area (Å²) in [7, 11) is 0. The van der Waals surface area contributed by atoms with Crippen molar-refractivity contribution in [2.45, 2.75) is 45.8 Å². The molecule has 0 bridgehead atoms. The van der Waals surface area contributed by atoms with Gasteiger partial charge in [-0.3, -0.25) is 9.78 Å². The van der Waals surface area contributed by atoms with E-state index < -0.39 is 0 Å². The van der Waals surface area contributed by atoms with Crippen LogP contribution in [0.15, 0.2) is 35.0 Å². The van der Waals surface area contributed by atoms with E-state index in [1.165, 1.54) is 0 Å². The molecule has 3 aromatic rings. The van der Waals surface area contributed by atoms with E-state index in [2.05, 4.69) is 25.7 Å². The Bertz CT molecular complexity index is 992. The van der Waals surface area contributed by atoms with Gasteiger partial charge in [-0.25, -0.2) is 0 Å². The van der Waals surface area contributed by atoms with E-state index in [0.717, 1.165) is 29.7 Å². The van der Waals surface area contributed by atoms with Gasteiger partial charge in [-0.15, -0.1) is 10.2 Å². The van der Waals surface area contributed by atoms with E-state index in [1.807, 2.05) is 32.9 Å². The lowest BCUT2D eigenvalue weighted by molar-refractivity contribution is 0.0929. The van der Waals surface area contributed by atoms with Crippen molar-refractivity contribution in [3.63, 3.8) is 0 Å². The van der Waals surface area contributed by atoms with Crippen LogP contribution in [0, 0.1) is 13.8 Å². The van der Waals surface area contributed by atoms with Crippen molar-refractivity contribution in [3.05, 3.63) is 53.2 Å². The van der Waals surface area contributed by atoms with Crippen LogP contribution in [0.1, 0.15) is 47.3 Å². The van der Waals surface area contributed by atoms with Crippen molar-refractivity contribution in [3.8, 4) is 17.1 Å². The third-order valence-electron chi connectivity index (χ3n) is 4.82. The van der Waals surface area contributed by atoms with Crippen LogP contribution >= 0.6 is 0 Å². The fraction of sp³-hybridized carbons (Fsp3) is 0.350. The van der Waals surface area contributed by atoms with Crippen LogP contribution in [0.3, 0.4) is 0 Å². The highest BCUT2D eigenvalue weighted by molar-refractivity contribution is 5.92. The monoisotopic (exact) mass is 379 g/mol. The number of nitrogens with zero attached hydrogens (tertiary/aromatic N) is 4. The number of aromatic nitrogens is 4. The van der Waals surface area contributed by atoms with Crippen LogP contribution < -0.4 is 10.1 Å². The molecule has 1 amide bonds. The first kappa shape index (κ1) is 18.1. The second kappa shape index (κ2) is 7.03. The molecular formula is C20H21N5O3. The van der Waals surface area contributed by atoms with Gasteiger partial charge in [-0.1, -0.05) is 5.16 Å². The molecule has 0 saturated heterocycles. The van der Waals surface area contributed by atoms with E-state index in [4.69, 9.17) is 9.26 Å². The Balaban J connectivity index is 1.44. The molecule has 1 N–H and O–H groups in total. The molecular weight excluding hydrogens is 358 g/mol. The summed E-state index contributed by atoms with van der Waals surface area (Å²) in [5.74, 6) is 0.767. The largest absolute Gasteiger partial charge is 0.472 e. The topological polar surface area (TPSA) is 103 Å². The number of aryl methyl sites for hydroxylation is 2. The SMILES string of the molecule is Cc1ccc(-c2noc(C)c2COc2ccc(C(=O)NC3(C)CC3)nn2)cn1. The van der Waals surface area contributed by atoms with Crippen LogP contribution in [0.4, 0.5) is 0 Å². The van der Waals surface area contributed by atoms with Gasteiger partial charge in [0.2, 0.25) is 5.88 Å². The van der Waals surface area contributed by atoms with Gasteiger partial charge in [0.15, 0.2) is 5.69 Å². The summed E-state index contributed by atoms with van der Waals surface area (Å²) in [4.78, 5) is 16.4. The number of hydrogen-bond donors (Lipinski definition) is 1. The second-order valence-corrected chi connectivity index (χ2v) is 7.31. The lowest BCUT2D eigenvalue weighted by Gasteiger charge is -2.10. The first-order chi connectivity index (χ1) is 13.4. The fourth-order valence-corrected chi connectivity index (χ4v) is 2.71. The van der Waals surface area contributed by atoms with Crippen molar-refractivity contribution in [2.24, 2.45) is 0 Å². The number of amides is 1. The molecule has 8 heteroatoms. The molecule has 0 atom stereocenters. The molecule has 0 aliphatic heterocycles. The lowest BCUT2D eigenvalue weighted by Crippen LogP contribution is -2.34. The highest BCUT2D eigenvalue weighted by atomic mass is 16.5. The smallest absolute Gasteiger partial charge is 0.272 e. The van der Waals surface area contributed by atoms with E-state index in [-0.39, 0.29) is 23.7 Å². The Hall–Kier alpha value is -3.29. The summed E-state index contributed by atoms with van der Waals surface area (Å²) in [5, 5.41) is 15.0. The molecule has 8 nitrogen and oxygen atoms in total. The van der Waals surface area contributed by atoms with Crippen LogP contribution in [0.2, 0.25) is 0 Å². The molecule has 0 spiro atoms. The van der Waals surface area contributed by atoms with Gasteiger partial charge in [-0.2, -0.15) is 0 Å². The van der Waals surface area contributed by atoms with Crippen LogP contribution in [-0.2, 0) is 6.61 Å². The maximum absolute atomic E-state index is 12.1. The average molecular weight is 379 g/mol. The highest BCUT2D eigenvalue weighted by Gasteiger charge is 2.39. The predicted octanol–water partition coefficient (Wildman–Crippen LogP) is 3.00. The Labute approximate surface area is 162 Å². The number of hydrogen-bond acceptors (Lipinski definition) is 7. The Kier molecular flexibility index (Phi) is 4.54. The van der Waals surface area contributed by atoms with Crippen LogP contribution in [-0.4, -0.2) is 31.8 Å². The maximum Gasteiger partial charge on any atom is 0.272 e. The minimum atomic E-state index is -0.219. The molecule has 1 saturated carbocycles. The van der Waals surface area contributed by atoms with Crippen molar-refractivity contribution in [1.82, 2.24) is 25.7 Å². The highest BCUT2D eigenvalue weighted by Crippen LogP contribution is 2.34. The van der Waals surface area contributed by atoms with Gasteiger partial charge in [0, 0.05) is 29.1 Å². The quantitative estimate of drug-likeness (QED) is 0.702. The number of carbonyl (C=O) groups excluding carboxylic acids is 1. The summed E-state index contributed by atoms with van der Waals surface area (Å²) in [6.07, 6.45) is 3.73. The maximum atomic E-state index is 12.1. The summed E-state index contributed by atoms with van der Waals surface area (Å²) in [6.45, 7) is 5.99. The van der Waals surface area contributed by atoms with Gasteiger partial charge in [0.1, 0.15) is 18.1 Å². The first-order valence-electron chi connectivity index (χ1n) is 9.11. The van der Waals surface area contributed by atoms with E-state index >= 15 is 0 Å². The number of ether oxygens (including phenoxy) is 1. The third-order valence-corrected chi connectivity index (χ3v) is 4.82. The zero-order valence-corrected chi connectivity index (χ0v) is 16.0. The predicted molar refractivity (Wildman–Crippen MR) is 101 cm³/mol. The zero-order chi connectivity index (χ0) is 19.7. The van der Waals surface area contributed by atoms with Gasteiger partial charge in [0.25, 0.3) is 5.91 Å². The summed E-state index contributed by atoms with van der Waals surface area (Å²) in [5.41, 5.74) is 3.46. The van der Waals surface area contributed by atoms with Gasteiger partial charge >= 0.3 is 0 Å². The number of carbonyl (C=O) groups is 1. The second-order valence-electron chi connectivity index (χ2n) is 7.31. The summed E-state index contributed by atoms with van der Waals surface area (Å²) in [6, 6.07) is 7.10. The first-order valence-corrected chi connectivity index (χ1v) is 9.11. The summed E-state index contributed by atoms with van der Waals surface area (Å²) < 4.78 is 11.1. The Morgan fingerprint density at radius 2 is 2.04 bits per heavy atom. The Morgan fingerprint density at radius 3 is 2.68 bits per heavy atom. The number of pyridine rings is 1. The van der Waals surface area contributed by atoms with E-state index in [9.17, 15) is 4.79 Å². The van der Waals surface area contributed by atoms with E-state index in [0.29, 0.717) is 17.3 Å². The number of nitrogens with one attached hydrogen (secondary N) is 1. The van der Waals surface area contributed by atoms with Crippen molar-refractivity contribution < 1.29 is 14.1 Å². The molecule has 144 valence electrons. The van der Waals surface area contributed by atoms with Crippen LogP contribution in [0.25, 0.3) is 11.3 Å². The molecule has 3 aromatic heterocycles. The lowest BCUT2D eigenvalue weighted by atomic mass is 10.1. The standard InChI is InChI=1S/C20H21N5O3/c1-12-4-5-14(10-21-12)18-15(13(2)28-25-18)11-27-17-7-6-16(23-24-17)19(26)22-20(3)8-9-20/h4-7,10H,8-9,11H2,1-3H3,(H,22,26). The number of rotatable bonds is 6. The molecule has 1 fully saturated rings. The molecule has 0 aromatic carbocycles. The van der Waals surface area contributed by atoms with Gasteiger partial charge < -0.3 is 14.6 Å². The fourth-order valence-electron chi connectivity index (χ4n) is 2.71.